The van der Waals surface area contributed by atoms with Crippen LogP contribution >= 0.6 is 0 Å². The van der Waals surface area contributed by atoms with Crippen LogP contribution in [-0.2, 0) is 0 Å². The smallest absolute Gasteiger partial charge is 0.257 e. The van der Waals surface area contributed by atoms with Gasteiger partial charge in [-0.2, -0.15) is 20.1 Å². The molecule has 0 aliphatic rings. The van der Waals surface area contributed by atoms with Crippen LogP contribution in [0.5, 0.6) is 0 Å². The molecule has 0 saturated carbocycles. The molecule has 2 aromatic rings. The zero-order chi connectivity index (χ0) is 15.2. The molecule has 4 N–H and O–H groups in total. The highest BCUT2D eigenvalue weighted by Gasteiger charge is 2.10. The summed E-state index contributed by atoms with van der Waals surface area (Å²) in [5, 5.41) is 7.35. The molecule has 0 saturated heterocycles. The summed E-state index contributed by atoms with van der Waals surface area (Å²) in [7, 11) is 4.09. The van der Waals surface area contributed by atoms with Gasteiger partial charge in [0.2, 0.25) is 11.9 Å². The van der Waals surface area contributed by atoms with Crippen molar-refractivity contribution in [2.45, 2.75) is 19.4 Å². The Kier molecular flexibility index (Phi) is 5.01. The highest BCUT2D eigenvalue weighted by molar-refractivity contribution is 5.37. The van der Waals surface area contributed by atoms with Crippen LogP contribution in [0.3, 0.4) is 0 Å². The van der Waals surface area contributed by atoms with Crippen molar-refractivity contribution in [3.8, 4) is 5.95 Å². The van der Waals surface area contributed by atoms with Gasteiger partial charge in [-0.25, -0.2) is 10.5 Å². The number of hydrogen-bond acceptors (Lipinski definition) is 8. The molecule has 0 aliphatic carbocycles. The molecule has 2 aromatic heterocycles. The van der Waals surface area contributed by atoms with Crippen molar-refractivity contribution < 1.29 is 0 Å². The van der Waals surface area contributed by atoms with Crippen molar-refractivity contribution in [1.29, 1.82) is 0 Å². The van der Waals surface area contributed by atoms with E-state index in [4.69, 9.17) is 5.84 Å². The predicted octanol–water partition coefficient (Wildman–Crippen LogP) is 0.0950. The summed E-state index contributed by atoms with van der Waals surface area (Å²) in [6.07, 6.45) is 4.39. The fourth-order valence-electron chi connectivity index (χ4n) is 1.73. The van der Waals surface area contributed by atoms with Gasteiger partial charge < -0.3 is 10.2 Å². The third-order valence-electron chi connectivity index (χ3n) is 2.85. The van der Waals surface area contributed by atoms with Crippen molar-refractivity contribution >= 4 is 11.9 Å². The largest absolute Gasteiger partial charge is 0.352 e. The first-order valence-corrected chi connectivity index (χ1v) is 6.72. The van der Waals surface area contributed by atoms with Crippen LogP contribution in [0.1, 0.15) is 13.3 Å². The van der Waals surface area contributed by atoms with Gasteiger partial charge in [0.05, 0.1) is 0 Å². The van der Waals surface area contributed by atoms with Crippen molar-refractivity contribution in [2.75, 3.05) is 31.4 Å². The Morgan fingerprint density at radius 1 is 1.29 bits per heavy atom. The Hall–Kier alpha value is -2.26. The molecule has 0 aromatic carbocycles. The zero-order valence-electron chi connectivity index (χ0n) is 12.5. The number of hydrogen-bond donors (Lipinski definition) is 3. The lowest BCUT2D eigenvalue weighted by molar-refractivity contribution is 0.390. The Balaban J connectivity index is 2.13. The normalized spacial score (nSPS) is 12.4. The molecule has 9 nitrogen and oxygen atoms in total. The molecular weight excluding hydrogens is 270 g/mol. The highest BCUT2D eigenvalue weighted by atomic mass is 15.4. The number of aromatic nitrogens is 5. The van der Waals surface area contributed by atoms with Gasteiger partial charge in [0.25, 0.3) is 5.95 Å². The molecule has 9 heteroatoms. The molecule has 2 heterocycles. The van der Waals surface area contributed by atoms with Gasteiger partial charge in [-0.3, -0.25) is 5.43 Å². The van der Waals surface area contributed by atoms with Crippen molar-refractivity contribution in [1.82, 2.24) is 29.6 Å². The summed E-state index contributed by atoms with van der Waals surface area (Å²) in [4.78, 5) is 14.9. The second kappa shape index (κ2) is 6.95. The van der Waals surface area contributed by atoms with Gasteiger partial charge in [0, 0.05) is 18.4 Å². The second-order valence-corrected chi connectivity index (χ2v) is 5.01. The van der Waals surface area contributed by atoms with Crippen LogP contribution in [0.25, 0.3) is 5.95 Å². The lowest BCUT2D eigenvalue weighted by Gasteiger charge is -2.17. The van der Waals surface area contributed by atoms with Crippen molar-refractivity contribution in [3.63, 3.8) is 0 Å². The van der Waals surface area contributed by atoms with E-state index in [-0.39, 0.29) is 12.0 Å². The Morgan fingerprint density at radius 3 is 2.67 bits per heavy atom. The number of rotatable bonds is 7. The summed E-state index contributed by atoms with van der Waals surface area (Å²) in [6, 6.07) is 2.03. The van der Waals surface area contributed by atoms with Gasteiger partial charge in [0.15, 0.2) is 0 Å². The number of nitrogens with zero attached hydrogens (tertiary/aromatic N) is 6. The average Bonchev–Trinajstić information content (AvgIpc) is 2.99. The van der Waals surface area contributed by atoms with E-state index in [1.54, 1.807) is 23.1 Å². The summed E-state index contributed by atoms with van der Waals surface area (Å²) >= 11 is 0. The average molecular weight is 291 g/mol. The second-order valence-electron chi connectivity index (χ2n) is 5.01. The first kappa shape index (κ1) is 15.1. The minimum absolute atomic E-state index is 0.228. The fourth-order valence-corrected chi connectivity index (χ4v) is 1.73. The Morgan fingerprint density at radius 2 is 2.05 bits per heavy atom. The van der Waals surface area contributed by atoms with E-state index in [0.717, 1.165) is 13.0 Å². The van der Waals surface area contributed by atoms with Gasteiger partial charge in [-0.1, -0.05) is 0 Å². The first-order chi connectivity index (χ1) is 10.1. The molecule has 1 unspecified atom stereocenters. The quantitative estimate of drug-likeness (QED) is 0.486. The molecular formula is C12H21N9. The third-order valence-corrected chi connectivity index (χ3v) is 2.85. The number of anilines is 2. The van der Waals surface area contributed by atoms with Gasteiger partial charge in [-0.15, -0.1) is 0 Å². The van der Waals surface area contributed by atoms with E-state index >= 15 is 0 Å². The molecule has 2 rings (SSSR count). The summed E-state index contributed by atoms with van der Waals surface area (Å²) < 4.78 is 1.55. The molecule has 0 fully saturated rings. The maximum absolute atomic E-state index is 5.40. The number of hydrazine groups is 1. The minimum Gasteiger partial charge on any atom is -0.352 e. The fraction of sp³-hybridized carbons (Fsp3) is 0.500. The van der Waals surface area contributed by atoms with E-state index in [9.17, 15) is 0 Å². The molecule has 0 amide bonds. The van der Waals surface area contributed by atoms with Crippen molar-refractivity contribution in [3.05, 3.63) is 18.5 Å². The Bertz CT molecular complexity index is 552. The lowest BCUT2D eigenvalue weighted by atomic mass is 10.2. The van der Waals surface area contributed by atoms with Gasteiger partial charge in [-0.05, 0) is 40.1 Å². The summed E-state index contributed by atoms with van der Waals surface area (Å²) in [5.41, 5.74) is 2.44. The SMILES string of the molecule is CC(CCN(C)C)Nc1nc(NN)nc(-n2cccn2)n1. The summed E-state index contributed by atoms with van der Waals surface area (Å²) in [6.45, 7) is 3.06. The summed E-state index contributed by atoms with van der Waals surface area (Å²) in [5.74, 6) is 6.57. The van der Waals surface area contributed by atoms with Crippen LogP contribution < -0.4 is 16.6 Å². The first-order valence-electron chi connectivity index (χ1n) is 6.72. The van der Waals surface area contributed by atoms with Crippen LogP contribution in [0, 0.1) is 0 Å². The van der Waals surface area contributed by atoms with E-state index in [1.807, 2.05) is 14.1 Å². The maximum atomic E-state index is 5.40. The van der Waals surface area contributed by atoms with Crippen LogP contribution in [0.4, 0.5) is 11.9 Å². The molecule has 0 aliphatic heterocycles. The molecule has 21 heavy (non-hydrogen) atoms. The van der Waals surface area contributed by atoms with Crippen molar-refractivity contribution in [2.24, 2.45) is 5.84 Å². The van der Waals surface area contributed by atoms with E-state index in [2.05, 4.69) is 42.6 Å². The van der Waals surface area contributed by atoms with Crippen LogP contribution in [0.15, 0.2) is 18.5 Å². The van der Waals surface area contributed by atoms with Gasteiger partial charge >= 0.3 is 0 Å². The van der Waals surface area contributed by atoms with Gasteiger partial charge in [0.1, 0.15) is 0 Å². The van der Waals surface area contributed by atoms with E-state index in [1.165, 1.54) is 0 Å². The molecule has 114 valence electrons. The van der Waals surface area contributed by atoms with E-state index in [0.29, 0.717) is 11.9 Å². The number of nitrogens with two attached hydrogens (primary N) is 1. The topological polar surface area (TPSA) is 110 Å². The lowest BCUT2D eigenvalue weighted by Crippen LogP contribution is -2.25. The number of nitrogen functional groups attached to an aromatic ring is 1. The molecule has 1 atom stereocenters. The van der Waals surface area contributed by atoms with E-state index < -0.39 is 0 Å². The Labute approximate surface area is 123 Å². The maximum Gasteiger partial charge on any atom is 0.257 e. The zero-order valence-corrected chi connectivity index (χ0v) is 12.5. The minimum atomic E-state index is 0.228. The number of nitrogens with one attached hydrogen (secondary N) is 2. The monoisotopic (exact) mass is 291 g/mol. The molecule has 0 spiro atoms. The standard InChI is InChI=1S/C12H21N9/c1-9(5-8-20(2)3)15-10-16-11(19-13)18-12(17-10)21-7-4-6-14-21/h4,6-7,9H,5,8,13H2,1-3H3,(H2,15,16,17,18,19). The van der Waals surface area contributed by atoms with Crippen LogP contribution in [0.2, 0.25) is 0 Å². The van der Waals surface area contributed by atoms with Crippen LogP contribution in [-0.4, -0.2) is 56.3 Å². The molecule has 0 bridgehead atoms. The third kappa shape index (κ3) is 4.36. The highest BCUT2D eigenvalue weighted by Crippen LogP contribution is 2.10. The predicted molar refractivity (Wildman–Crippen MR) is 81.0 cm³/mol. The molecule has 0 radical (unpaired) electrons.